The summed E-state index contributed by atoms with van der Waals surface area (Å²) >= 11 is 0. The quantitative estimate of drug-likeness (QED) is 0.405. The number of imide groups is 1. The van der Waals surface area contributed by atoms with Crippen molar-refractivity contribution < 1.29 is 14.4 Å². The Labute approximate surface area is 201 Å². The number of carbonyl (C=O) groups is 3. The number of urea groups is 1. The van der Waals surface area contributed by atoms with Crippen LogP contribution in [0.4, 0.5) is 4.79 Å². The first-order chi connectivity index (χ1) is 16.9. The summed E-state index contributed by atoms with van der Waals surface area (Å²) in [4.78, 5) is 38.2. The molecule has 2 heterocycles. The number of hydrogen-bond acceptors (Lipinski definition) is 5. The van der Waals surface area contributed by atoms with E-state index in [4.69, 9.17) is 0 Å². The third kappa shape index (κ3) is 4.48. The topological polar surface area (TPSA) is 109 Å². The van der Waals surface area contributed by atoms with Crippen LogP contribution in [0.25, 0.3) is 11.0 Å². The highest BCUT2D eigenvalue weighted by molar-refractivity contribution is 6.09. The molecule has 35 heavy (non-hydrogen) atoms. The number of amides is 4. The zero-order valence-electron chi connectivity index (χ0n) is 19.1. The molecule has 1 unspecified atom stereocenters. The van der Waals surface area contributed by atoms with Gasteiger partial charge in [-0.15, -0.1) is 5.10 Å². The van der Waals surface area contributed by atoms with Crippen LogP contribution >= 0.6 is 0 Å². The van der Waals surface area contributed by atoms with E-state index < -0.39 is 23.4 Å². The fraction of sp³-hybridized carbons (Fsp3) is 0.192. The summed E-state index contributed by atoms with van der Waals surface area (Å²) < 4.78 is 1.79. The lowest BCUT2D eigenvalue weighted by Crippen LogP contribution is -2.48. The van der Waals surface area contributed by atoms with Gasteiger partial charge in [-0.2, -0.15) is 5.01 Å². The van der Waals surface area contributed by atoms with Gasteiger partial charge >= 0.3 is 6.03 Å². The van der Waals surface area contributed by atoms with Crippen molar-refractivity contribution in [2.75, 3.05) is 0 Å². The number of aromatic nitrogens is 3. The van der Waals surface area contributed by atoms with Crippen molar-refractivity contribution in [3.8, 4) is 0 Å². The van der Waals surface area contributed by atoms with Crippen LogP contribution in [0.1, 0.15) is 34.8 Å². The van der Waals surface area contributed by atoms with Gasteiger partial charge in [-0.25, -0.2) is 9.48 Å². The second kappa shape index (κ2) is 9.02. The fourth-order valence-corrected chi connectivity index (χ4v) is 4.13. The molecule has 0 spiro atoms. The summed E-state index contributed by atoms with van der Waals surface area (Å²) in [6.07, 6.45) is 1.04. The molecule has 9 heteroatoms. The van der Waals surface area contributed by atoms with E-state index in [1.54, 1.807) is 35.9 Å². The van der Waals surface area contributed by atoms with Crippen molar-refractivity contribution in [1.82, 2.24) is 30.7 Å². The van der Waals surface area contributed by atoms with Crippen LogP contribution in [-0.2, 0) is 17.8 Å². The molecular weight excluding hydrogens is 444 g/mol. The molecule has 1 aromatic heterocycles. The Hall–Kier alpha value is -4.53. The molecule has 0 bridgehead atoms. The maximum Gasteiger partial charge on any atom is 0.344 e. The first-order valence-electron chi connectivity index (χ1n) is 11.3. The minimum absolute atomic E-state index is 0.329. The lowest BCUT2D eigenvalue weighted by molar-refractivity contribution is -0.132. The largest absolute Gasteiger partial charge is 0.344 e. The molecule has 3 aromatic carbocycles. The van der Waals surface area contributed by atoms with E-state index in [2.05, 4.69) is 21.1 Å². The van der Waals surface area contributed by atoms with Gasteiger partial charge in [-0.05, 0) is 55.2 Å². The second-order valence-electron chi connectivity index (χ2n) is 8.76. The van der Waals surface area contributed by atoms with Crippen LogP contribution in [-0.4, -0.2) is 43.4 Å². The second-order valence-corrected chi connectivity index (χ2v) is 8.76. The van der Waals surface area contributed by atoms with Crippen LogP contribution in [0.3, 0.4) is 0 Å². The predicted molar refractivity (Wildman–Crippen MR) is 129 cm³/mol. The summed E-state index contributed by atoms with van der Waals surface area (Å²) in [5.41, 5.74) is 5.41. The number of carbonyl (C=O) groups excluding carboxylic acids is 3. The predicted octanol–water partition coefficient (Wildman–Crippen LogP) is 3.07. The van der Waals surface area contributed by atoms with Gasteiger partial charge in [-0.3, -0.25) is 15.0 Å². The molecule has 9 nitrogen and oxygen atoms in total. The highest BCUT2D eigenvalue weighted by Crippen LogP contribution is 2.22. The third-order valence-electron chi connectivity index (χ3n) is 6.20. The van der Waals surface area contributed by atoms with Gasteiger partial charge in [0.2, 0.25) is 0 Å². The number of benzene rings is 3. The van der Waals surface area contributed by atoms with Crippen molar-refractivity contribution in [1.29, 1.82) is 0 Å². The van der Waals surface area contributed by atoms with Gasteiger partial charge in [0.05, 0.1) is 12.1 Å². The molecule has 1 aliphatic rings. The Bertz CT molecular complexity index is 1400. The van der Waals surface area contributed by atoms with Crippen molar-refractivity contribution in [3.05, 3.63) is 95.6 Å². The van der Waals surface area contributed by atoms with Crippen molar-refractivity contribution >= 4 is 28.9 Å². The summed E-state index contributed by atoms with van der Waals surface area (Å²) in [6.45, 7) is 2.17. The Morgan fingerprint density at radius 2 is 1.66 bits per heavy atom. The number of rotatable bonds is 7. The molecule has 4 amide bonds. The van der Waals surface area contributed by atoms with Gasteiger partial charge in [0.1, 0.15) is 11.1 Å². The van der Waals surface area contributed by atoms with Crippen molar-refractivity contribution in [2.24, 2.45) is 0 Å². The van der Waals surface area contributed by atoms with Crippen molar-refractivity contribution in [3.63, 3.8) is 0 Å². The zero-order chi connectivity index (χ0) is 24.4. The van der Waals surface area contributed by atoms with Gasteiger partial charge in [0, 0.05) is 5.56 Å². The fourth-order valence-electron chi connectivity index (χ4n) is 4.13. The molecule has 1 fully saturated rings. The molecule has 1 atom stereocenters. The smallest absolute Gasteiger partial charge is 0.322 e. The third-order valence-corrected chi connectivity index (χ3v) is 6.20. The number of para-hydroxylation sites is 1. The summed E-state index contributed by atoms with van der Waals surface area (Å²) in [6, 6.07) is 23.7. The molecule has 1 saturated heterocycles. The minimum atomic E-state index is -1.09. The monoisotopic (exact) mass is 468 g/mol. The summed E-state index contributed by atoms with van der Waals surface area (Å²) in [7, 11) is 0. The molecule has 4 aromatic rings. The first kappa shape index (κ1) is 22.3. The highest BCUT2D eigenvalue weighted by atomic mass is 16.2. The average Bonchev–Trinajstić information content (AvgIpc) is 3.38. The molecule has 5 rings (SSSR count). The number of hydrogen-bond donors (Lipinski definition) is 2. The van der Waals surface area contributed by atoms with Gasteiger partial charge in [-0.1, -0.05) is 59.8 Å². The summed E-state index contributed by atoms with van der Waals surface area (Å²) in [5.74, 6) is -1.03. The maximum absolute atomic E-state index is 13.0. The van der Waals surface area contributed by atoms with Gasteiger partial charge in [0.15, 0.2) is 0 Å². The molecule has 1 aliphatic heterocycles. The van der Waals surface area contributed by atoms with Crippen LogP contribution in [0.2, 0.25) is 0 Å². The van der Waals surface area contributed by atoms with E-state index in [1.807, 2.05) is 54.6 Å². The zero-order valence-corrected chi connectivity index (χ0v) is 19.1. The van der Waals surface area contributed by atoms with Crippen molar-refractivity contribution in [2.45, 2.75) is 31.8 Å². The number of hydrazine groups is 1. The van der Waals surface area contributed by atoms with E-state index >= 15 is 0 Å². The molecule has 2 N–H and O–H groups in total. The number of fused-ring (bicyclic) bond motifs is 1. The van der Waals surface area contributed by atoms with E-state index in [0.29, 0.717) is 24.9 Å². The van der Waals surface area contributed by atoms with Gasteiger partial charge in [0.25, 0.3) is 11.8 Å². The van der Waals surface area contributed by atoms with Crippen LogP contribution < -0.4 is 10.7 Å². The van der Waals surface area contributed by atoms with E-state index in [0.717, 1.165) is 27.2 Å². The number of aryl methyl sites for hydroxylation is 1. The molecule has 0 saturated carbocycles. The first-order valence-corrected chi connectivity index (χ1v) is 11.3. The maximum atomic E-state index is 13.0. The van der Waals surface area contributed by atoms with E-state index in [-0.39, 0.29) is 0 Å². The Balaban J connectivity index is 1.22. The minimum Gasteiger partial charge on any atom is -0.322 e. The molecule has 0 radical (unpaired) electrons. The highest BCUT2D eigenvalue weighted by Gasteiger charge is 2.48. The van der Waals surface area contributed by atoms with Gasteiger partial charge < -0.3 is 5.32 Å². The van der Waals surface area contributed by atoms with Crippen LogP contribution in [0.15, 0.2) is 78.9 Å². The van der Waals surface area contributed by atoms with E-state index in [9.17, 15) is 14.4 Å². The summed E-state index contributed by atoms with van der Waals surface area (Å²) in [5, 5.41) is 11.8. The lowest BCUT2D eigenvalue weighted by atomic mass is 9.93. The lowest BCUT2D eigenvalue weighted by Gasteiger charge is -2.21. The standard InChI is InChI=1S/C26H24N6O3/c1-26(16-15-18-7-3-2-4-8-18)24(34)32(25(35)27-26)29-23(33)20-13-11-19(12-14-20)17-31-22-10-6-5-9-21(22)28-30-31/h2-14H,15-17H2,1H3,(H,27,35)(H,29,33). The van der Waals surface area contributed by atoms with Crippen LogP contribution in [0, 0.1) is 0 Å². The Morgan fingerprint density at radius 3 is 2.43 bits per heavy atom. The average molecular weight is 469 g/mol. The normalized spacial score (nSPS) is 17.6. The SMILES string of the molecule is CC1(CCc2ccccc2)NC(=O)N(NC(=O)c2ccc(Cn3nnc4ccccc43)cc2)C1=O. The molecule has 0 aliphatic carbocycles. The van der Waals surface area contributed by atoms with Crippen LogP contribution in [0.5, 0.6) is 0 Å². The van der Waals surface area contributed by atoms with E-state index in [1.165, 1.54) is 0 Å². The number of nitrogens with one attached hydrogen (secondary N) is 2. The number of nitrogens with zero attached hydrogens (tertiary/aromatic N) is 4. The Kier molecular flexibility index (Phi) is 5.74. The molecular formula is C26H24N6O3. The Morgan fingerprint density at radius 1 is 0.943 bits per heavy atom. The molecule has 176 valence electrons.